The highest BCUT2D eigenvalue weighted by Crippen LogP contribution is 2.19. The van der Waals surface area contributed by atoms with Crippen LogP contribution in [0, 0.1) is 12.8 Å². The van der Waals surface area contributed by atoms with Crippen LogP contribution in [0.5, 0.6) is 0 Å². The maximum Gasteiger partial charge on any atom is 0.254 e. The Morgan fingerprint density at radius 2 is 1.70 bits per heavy atom. The summed E-state index contributed by atoms with van der Waals surface area (Å²) in [4.78, 5) is 36.7. The number of amides is 3. The molecule has 2 aromatic carbocycles. The fourth-order valence-corrected chi connectivity index (χ4v) is 2.54. The molecular weight excluding hydrogens is 342 g/mol. The first kappa shape index (κ1) is 20.2. The van der Waals surface area contributed by atoms with Crippen LogP contribution >= 0.6 is 0 Å². The van der Waals surface area contributed by atoms with Gasteiger partial charge in [0.15, 0.2) is 0 Å². The third kappa shape index (κ3) is 5.67. The Morgan fingerprint density at radius 3 is 2.30 bits per heavy atom. The lowest BCUT2D eigenvalue weighted by molar-refractivity contribution is -0.120. The molecular formula is C21H25N3O3. The fraction of sp³-hybridized carbons (Fsp3) is 0.286. The van der Waals surface area contributed by atoms with Crippen LogP contribution in [-0.4, -0.2) is 23.8 Å². The number of carbonyl (C=O) groups excluding carboxylic acids is 3. The zero-order valence-electron chi connectivity index (χ0n) is 15.8. The minimum absolute atomic E-state index is 0.191. The number of rotatable bonds is 7. The van der Waals surface area contributed by atoms with Crippen molar-refractivity contribution in [1.29, 1.82) is 0 Å². The largest absolute Gasteiger partial charge is 0.368 e. The average Bonchev–Trinajstić information content (AvgIpc) is 2.63. The van der Waals surface area contributed by atoms with Crippen molar-refractivity contribution in [3.05, 3.63) is 65.2 Å². The third-order valence-electron chi connectivity index (χ3n) is 4.13. The van der Waals surface area contributed by atoms with Gasteiger partial charge in [0.25, 0.3) is 5.91 Å². The van der Waals surface area contributed by atoms with Gasteiger partial charge in [0.1, 0.15) is 6.04 Å². The Kier molecular flexibility index (Phi) is 6.71. The van der Waals surface area contributed by atoms with E-state index >= 15 is 0 Å². The number of hydrogen-bond donors (Lipinski definition) is 3. The van der Waals surface area contributed by atoms with Crippen molar-refractivity contribution in [3.63, 3.8) is 0 Å². The van der Waals surface area contributed by atoms with E-state index < -0.39 is 17.9 Å². The van der Waals surface area contributed by atoms with Gasteiger partial charge < -0.3 is 16.4 Å². The highest BCUT2D eigenvalue weighted by atomic mass is 16.2. The highest BCUT2D eigenvalue weighted by Gasteiger charge is 2.22. The second kappa shape index (κ2) is 8.98. The SMILES string of the molecule is Cc1ccc(NC(=O)C(C)C)c(C(=O)N[C@@H](Cc2ccccc2)C(N)=O)c1. The minimum atomic E-state index is -0.853. The maximum atomic E-state index is 12.8. The summed E-state index contributed by atoms with van der Waals surface area (Å²) in [7, 11) is 0. The number of primary amides is 1. The quantitative estimate of drug-likeness (QED) is 0.700. The molecule has 6 heteroatoms. The first-order valence-corrected chi connectivity index (χ1v) is 8.83. The van der Waals surface area contributed by atoms with E-state index in [1.54, 1.807) is 26.0 Å². The van der Waals surface area contributed by atoms with Crippen molar-refractivity contribution in [3.8, 4) is 0 Å². The van der Waals surface area contributed by atoms with Crippen molar-refractivity contribution in [2.24, 2.45) is 11.7 Å². The Balaban J connectivity index is 2.23. The standard InChI is InChI=1S/C21H25N3O3/c1-13(2)20(26)23-17-10-9-14(3)11-16(17)21(27)24-18(19(22)25)12-15-7-5-4-6-8-15/h4-11,13,18H,12H2,1-3H3,(H2,22,25)(H,23,26)(H,24,27)/t18-/m0/s1. The van der Waals surface area contributed by atoms with Gasteiger partial charge in [0, 0.05) is 12.3 Å². The first-order valence-electron chi connectivity index (χ1n) is 8.83. The summed E-state index contributed by atoms with van der Waals surface area (Å²) < 4.78 is 0. The molecule has 2 rings (SSSR count). The molecule has 0 aliphatic rings. The second-order valence-corrected chi connectivity index (χ2v) is 6.81. The molecule has 0 aliphatic heterocycles. The Hall–Kier alpha value is -3.15. The summed E-state index contributed by atoms with van der Waals surface area (Å²) in [5.41, 5.74) is 7.92. The average molecular weight is 367 g/mol. The Morgan fingerprint density at radius 1 is 1.04 bits per heavy atom. The van der Waals surface area contributed by atoms with Gasteiger partial charge in [0.05, 0.1) is 11.3 Å². The summed E-state index contributed by atoms with van der Waals surface area (Å²) in [5.74, 6) is -1.49. The van der Waals surface area contributed by atoms with Crippen molar-refractivity contribution >= 4 is 23.4 Å². The molecule has 0 unspecified atom stereocenters. The summed E-state index contributed by atoms with van der Waals surface area (Å²) in [5, 5.41) is 5.44. The molecule has 0 spiro atoms. The van der Waals surface area contributed by atoms with Crippen molar-refractivity contribution in [1.82, 2.24) is 5.32 Å². The van der Waals surface area contributed by atoms with E-state index in [1.807, 2.05) is 43.3 Å². The van der Waals surface area contributed by atoms with Gasteiger partial charge in [0.2, 0.25) is 11.8 Å². The molecule has 0 radical (unpaired) electrons. The maximum absolute atomic E-state index is 12.8. The monoisotopic (exact) mass is 367 g/mol. The van der Waals surface area contributed by atoms with Crippen LogP contribution in [0.15, 0.2) is 48.5 Å². The number of anilines is 1. The van der Waals surface area contributed by atoms with Gasteiger partial charge in [-0.15, -0.1) is 0 Å². The molecule has 142 valence electrons. The minimum Gasteiger partial charge on any atom is -0.368 e. The van der Waals surface area contributed by atoms with Crippen LogP contribution in [-0.2, 0) is 16.0 Å². The van der Waals surface area contributed by atoms with Crippen LogP contribution in [0.4, 0.5) is 5.69 Å². The summed E-state index contributed by atoms with van der Waals surface area (Å²) in [6.07, 6.45) is 0.293. The van der Waals surface area contributed by atoms with Crippen LogP contribution in [0.3, 0.4) is 0 Å². The van der Waals surface area contributed by atoms with E-state index in [9.17, 15) is 14.4 Å². The molecule has 0 aliphatic carbocycles. The predicted octanol–water partition coefficient (Wildman–Crippen LogP) is 2.42. The van der Waals surface area contributed by atoms with Crippen LogP contribution < -0.4 is 16.4 Å². The summed E-state index contributed by atoms with van der Waals surface area (Å²) in [6.45, 7) is 5.39. The van der Waals surface area contributed by atoms with E-state index in [-0.39, 0.29) is 11.8 Å². The molecule has 2 aromatic rings. The number of benzene rings is 2. The number of nitrogens with two attached hydrogens (primary N) is 1. The van der Waals surface area contributed by atoms with E-state index in [1.165, 1.54) is 0 Å². The topological polar surface area (TPSA) is 101 Å². The molecule has 0 bridgehead atoms. The van der Waals surface area contributed by atoms with E-state index in [4.69, 9.17) is 5.73 Å². The number of nitrogens with one attached hydrogen (secondary N) is 2. The normalized spacial score (nSPS) is 11.7. The molecule has 6 nitrogen and oxygen atoms in total. The van der Waals surface area contributed by atoms with Gasteiger partial charge in [-0.05, 0) is 24.6 Å². The molecule has 1 atom stereocenters. The molecule has 0 fully saturated rings. The third-order valence-corrected chi connectivity index (χ3v) is 4.13. The van der Waals surface area contributed by atoms with Crippen LogP contribution in [0.2, 0.25) is 0 Å². The zero-order valence-corrected chi connectivity index (χ0v) is 15.8. The van der Waals surface area contributed by atoms with E-state index in [0.29, 0.717) is 17.7 Å². The summed E-state index contributed by atoms with van der Waals surface area (Å²) in [6, 6.07) is 13.6. The molecule has 0 aromatic heterocycles. The highest BCUT2D eigenvalue weighted by molar-refractivity contribution is 6.05. The lowest BCUT2D eigenvalue weighted by atomic mass is 10.0. The second-order valence-electron chi connectivity index (χ2n) is 6.81. The van der Waals surface area contributed by atoms with Crippen molar-refractivity contribution < 1.29 is 14.4 Å². The Bertz CT molecular complexity index is 832. The van der Waals surface area contributed by atoms with Crippen molar-refractivity contribution in [2.45, 2.75) is 33.2 Å². The van der Waals surface area contributed by atoms with Gasteiger partial charge in [-0.2, -0.15) is 0 Å². The smallest absolute Gasteiger partial charge is 0.254 e. The molecule has 0 saturated heterocycles. The summed E-state index contributed by atoms with van der Waals surface area (Å²) >= 11 is 0. The predicted molar refractivity (Wildman–Crippen MR) is 105 cm³/mol. The number of carbonyl (C=O) groups is 3. The number of aryl methyl sites for hydroxylation is 1. The fourth-order valence-electron chi connectivity index (χ4n) is 2.54. The lowest BCUT2D eigenvalue weighted by Crippen LogP contribution is -2.46. The van der Waals surface area contributed by atoms with Crippen LogP contribution in [0.1, 0.15) is 35.3 Å². The van der Waals surface area contributed by atoms with Crippen molar-refractivity contribution in [2.75, 3.05) is 5.32 Å². The van der Waals surface area contributed by atoms with Crippen LogP contribution in [0.25, 0.3) is 0 Å². The lowest BCUT2D eigenvalue weighted by Gasteiger charge is -2.18. The molecule has 0 saturated carbocycles. The van der Waals surface area contributed by atoms with Gasteiger partial charge in [-0.1, -0.05) is 55.8 Å². The van der Waals surface area contributed by atoms with Gasteiger partial charge >= 0.3 is 0 Å². The Labute approximate surface area is 159 Å². The van der Waals surface area contributed by atoms with E-state index in [2.05, 4.69) is 10.6 Å². The molecule has 0 heterocycles. The molecule has 4 N–H and O–H groups in total. The zero-order chi connectivity index (χ0) is 20.0. The van der Waals surface area contributed by atoms with Gasteiger partial charge in [-0.25, -0.2) is 0 Å². The van der Waals surface area contributed by atoms with E-state index in [0.717, 1.165) is 11.1 Å². The molecule has 3 amide bonds. The van der Waals surface area contributed by atoms with Gasteiger partial charge in [-0.3, -0.25) is 14.4 Å². The number of hydrogen-bond acceptors (Lipinski definition) is 3. The molecule has 27 heavy (non-hydrogen) atoms. The first-order chi connectivity index (χ1) is 12.8.